The highest BCUT2D eigenvalue weighted by atomic mass is 16.2. The number of rotatable bonds is 7. The minimum atomic E-state index is -0.115. The molecule has 0 saturated heterocycles. The first-order chi connectivity index (χ1) is 15.1. The SMILES string of the molecule is Cc1ccc(-n2nc(-c3ccccc3)cc2C(=O)NC(C)CCc2ccccc2)cc1. The van der Waals surface area contributed by atoms with Gasteiger partial charge in [-0.3, -0.25) is 4.79 Å². The number of benzene rings is 3. The number of hydrogen-bond acceptors (Lipinski definition) is 2. The number of carbonyl (C=O) groups excluding carboxylic acids is 1. The Morgan fingerprint density at radius 2 is 1.58 bits per heavy atom. The number of aryl methyl sites for hydroxylation is 2. The van der Waals surface area contributed by atoms with Crippen molar-refractivity contribution in [1.82, 2.24) is 15.1 Å². The highest BCUT2D eigenvalue weighted by Gasteiger charge is 2.19. The minimum absolute atomic E-state index is 0.0502. The van der Waals surface area contributed by atoms with Crippen LogP contribution in [0.1, 0.15) is 35.0 Å². The molecule has 4 nitrogen and oxygen atoms in total. The van der Waals surface area contributed by atoms with E-state index in [1.165, 1.54) is 11.1 Å². The van der Waals surface area contributed by atoms with Crippen molar-refractivity contribution >= 4 is 5.91 Å². The first-order valence-corrected chi connectivity index (χ1v) is 10.7. The molecule has 0 spiro atoms. The van der Waals surface area contributed by atoms with Gasteiger partial charge in [-0.05, 0) is 50.5 Å². The van der Waals surface area contributed by atoms with E-state index in [1.54, 1.807) is 4.68 Å². The number of nitrogens with one attached hydrogen (secondary N) is 1. The molecular weight excluding hydrogens is 382 g/mol. The molecule has 4 heteroatoms. The van der Waals surface area contributed by atoms with Crippen molar-refractivity contribution in [3.05, 3.63) is 108 Å². The van der Waals surface area contributed by atoms with Gasteiger partial charge in [0, 0.05) is 11.6 Å². The van der Waals surface area contributed by atoms with E-state index in [2.05, 4.69) is 17.4 Å². The Morgan fingerprint density at radius 3 is 2.26 bits per heavy atom. The molecule has 31 heavy (non-hydrogen) atoms. The van der Waals surface area contributed by atoms with Crippen LogP contribution in [-0.2, 0) is 6.42 Å². The molecule has 0 aliphatic heterocycles. The topological polar surface area (TPSA) is 46.9 Å². The smallest absolute Gasteiger partial charge is 0.270 e. The lowest BCUT2D eigenvalue weighted by Gasteiger charge is -2.15. The van der Waals surface area contributed by atoms with Crippen LogP contribution in [0.5, 0.6) is 0 Å². The van der Waals surface area contributed by atoms with Crippen LogP contribution < -0.4 is 5.32 Å². The summed E-state index contributed by atoms with van der Waals surface area (Å²) in [7, 11) is 0. The summed E-state index contributed by atoms with van der Waals surface area (Å²) in [5.41, 5.74) is 5.62. The van der Waals surface area contributed by atoms with Gasteiger partial charge in [-0.1, -0.05) is 78.4 Å². The van der Waals surface area contributed by atoms with E-state index in [0.717, 1.165) is 29.8 Å². The Balaban J connectivity index is 1.57. The molecule has 4 rings (SSSR count). The average Bonchev–Trinajstić information content (AvgIpc) is 3.25. The van der Waals surface area contributed by atoms with Gasteiger partial charge in [-0.15, -0.1) is 0 Å². The van der Waals surface area contributed by atoms with E-state index in [4.69, 9.17) is 5.10 Å². The highest BCUT2D eigenvalue weighted by Crippen LogP contribution is 2.22. The van der Waals surface area contributed by atoms with Gasteiger partial charge in [0.15, 0.2) is 0 Å². The predicted octanol–water partition coefficient (Wildman–Crippen LogP) is 5.60. The van der Waals surface area contributed by atoms with E-state index >= 15 is 0 Å². The Kier molecular flexibility index (Phi) is 6.27. The Labute approximate surface area is 183 Å². The molecule has 0 radical (unpaired) electrons. The number of nitrogens with zero attached hydrogens (tertiary/aromatic N) is 2. The van der Waals surface area contributed by atoms with Crippen LogP contribution in [0.15, 0.2) is 91.0 Å². The van der Waals surface area contributed by atoms with Gasteiger partial charge in [0.2, 0.25) is 0 Å². The van der Waals surface area contributed by atoms with Crippen molar-refractivity contribution in [2.75, 3.05) is 0 Å². The zero-order chi connectivity index (χ0) is 21.6. The fourth-order valence-corrected chi connectivity index (χ4v) is 3.57. The molecule has 0 aliphatic rings. The van der Waals surface area contributed by atoms with E-state index < -0.39 is 0 Å². The lowest BCUT2D eigenvalue weighted by Crippen LogP contribution is -2.34. The molecule has 0 aliphatic carbocycles. The van der Waals surface area contributed by atoms with Gasteiger partial charge in [0.05, 0.1) is 11.4 Å². The Bertz CT molecular complexity index is 1130. The summed E-state index contributed by atoms with van der Waals surface area (Å²) in [6, 6.07) is 30.3. The van der Waals surface area contributed by atoms with Gasteiger partial charge in [0.1, 0.15) is 5.69 Å². The van der Waals surface area contributed by atoms with Crippen LogP contribution >= 0.6 is 0 Å². The van der Waals surface area contributed by atoms with E-state index in [9.17, 15) is 4.79 Å². The first kappa shape index (κ1) is 20.6. The Hall–Kier alpha value is -3.66. The molecule has 1 atom stereocenters. The maximum Gasteiger partial charge on any atom is 0.270 e. The molecular formula is C27H27N3O. The summed E-state index contributed by atoms with van der Waals surface area (Å²) in [6.45, 7) is 4.09. The molecule has 1 unspecified atom stereocenters. The molecule has 4 aromatic rings. The zero-order valence-corrected chi connectivity index (χ0v) is 18.0. The van der Waals surface area contributed by atoms with Crippen molar-refractivity contribution in [2.24, 2.45) is 0 Å². The molecule has 0 bridgehead atoms. The second kappa shape index (κ2) is 9.43. The second-order valence-corrected chi connectivity index (χ2v) is 7.93. The summed E-state index contributed by atoms with van der Waals surface area (Å²) in [6.07, 6.45) is 1.80. The van der Waals surface area contributed by atoms with Gasteiger partial charge in [-0.25, -0.2) is 4.68 Å². The number of aromatic nitrogens is 2. The highest BCUT2D eigenvalue weighted by molar-refractivity contribution is 5.94. The monoisotopic (exact) mass is 409 g/mol. The molecule has 3 aromatic carbocycles. The molecule has 0 saturated carbocycles. The normalized spacial score (nSPS) is 11.8. The number of carbonyl (C=O) groups is 1. The third-order valence-electron chi connectivity index (χ3n) is 5.38. The minimum Gasteiger partial charge on any atom is -0.348 e. The van der Waals surface area contributed by atoms with Crippen LogP contribution in [0.2, 0.25) is 0 Å². The van der Waals surface area contributed by atoms with Gasteiger partial charge >= 0.3 is 0 Å². The predicted molar refractivity (Wildman–Crippen MR) is 125 cm³/mol. The molecule has 1 amide bonds. The van der Waals surface area contributed by atoms with Crippen molar-refractivity contribution in [2.45, 2.75) is 32.7 Å². The molecule has 1 heterocycles. The van der Waals surface area contributed by atoms with Crippen LogP contribution in [0, 0.1) is 6.92 Å². The average molecular weight is 410 g/mol. The van der Waals surface area contributed by atoms with Crippen LogP contribution in [0.4, 0.5) is 0 Å². The molecule has 156 valence electrons. The number of amides is 1. The van der Waals surface area contributed by atoms with E-state index in [0.29, 0.717) is 5.69 Å². The Morgan fingerprint density at radius 1 is 0.935 bits per heavy atom. The van der Waals surface area contributed by atoms with Gasteiger partial charge in [0.25, 0.3) is 5.91 Å². The largest absolute Gasteiger partial charge is 0.348 e. The van der Waals surface area contributed by atoms with Crippen LogP contribution in [0.25, 0.3) is 16.9 Å². The number of hydrogen-bond donors (Lipinski definition) is 1. The summed E-state index contributed by atoms with van der Waals surface area (Å²) < 4.78 is 1.74. The zero-order valence-electron chi connectivity index (χ0n) is 18.0. The van der Waals surface area contributed by atoms with E-state index in [1.807, 2.05) is 92.7 Å². The summed E-state index contributed by atoms with van der Waals surface area (Å²) in [5.74, 6) is -0.115. The van der Waals surface area contributed by atoms with Crippen molar-refractivity contribution in [3.63, 3.8) is 0 Å². The third kappa shape index (κ3) is 5.10. The third-order valence-corrected chi connectivity index (χ3v) is 5.38. The van der Waals surface area contributed by atoms with Gasteiger partial charge in [-0.2, -0.15) is 5.10 Å². The van der Waals surface area contributed by atoms with Crippen LogP contribution in [0.3, 0.4) is 0 Å². The van der Waals surface area contributed by atoms with Crippen molar-refractivity contribution in [3.8, 4) is 16.9 Å². The fraction of sp³-hybridized carbons (Fsp3) is 0.185. The van der Waals surface area contributed by atoms with Gasteiger partial charge < -0.3 is 5.32 Å². The second-order valence-electron chi connectivity index (χ2n) is 7.93. The van der Waals surface area contributed by atoms with Crippen molar-refractivity contribution in [1.29, 1.82) is 0 Å². The maximum absolute atomic E-state index is 13.2. The van der Waals surface area contributed by atoms with Crippen LogP contribution in [-0.4, -0.2) is 21.7 Å². The fourth-order valence-electron chi connectivity index (χ4n) is 3.57. The lowest BCUT2D eigenvalue weighted by atomic mass is 10.1. The summed E-state index contributed by atoms with van der Waals surface area (Å²) in [4.78, 5) is 13.2. The van der Waals surface area contributed by atoms with Crippen molar-refractivity contribution < 1.29 is 4.79 Å². The quantitative estimate of drug-likeness (QED) is 0.432. The molecule has 0 fully saturated rings. The summed E-state index contributed by atoms with van der Waals surface area (Å²) >= 11 is 0. The first-order valence-electron chi connectivity index (χ1n) is 10.7. The van der Waals surface area contributed by atoms with E-state index in [-0.39, 0.29) is 11.9 Å². The lowest BCUT2D eigenvalue weighted by molar-refractivity contribution is 0.0930. The summed E-state index contributed by atoms with van der Waals surface area (Å²) in [5, 5.41) is 7.91. The standard InChI is InChI=1S/C27H27N3O/c1-20-13-17-24(18-14-20)30-26(19-25(29-30)23-11-7-4-8-12-23)27(31)28-21(2)15-16-22-9-5-3-6-10-22/h3-14,17-19,21H,15-16H2,1-2H3,(H,28,31). The molecule has 1 N–H and O–H groups in total. The maximum atomic E-state index is 13.2. The molecule has 1 aromatic heterocycles.